The molecule has 174 valence electrons. The molecule has 1 aliphatic heterocycles. The molecular weight excluding hydrogens is 450 g/mol. The van der Waals surface area contributed by atoms with Crippen LogP contribution in [0, 0.1) is 0 Å². The number of rotatable bonds is 8. The van der Waals surface area contributed by atoms with Gasteiger partial charge in [-0.1, -0.05) is 96.7 Å². The fraction of sp³-hybridized carbons (Fsp3) is 0.133. The third-order valence-electron chi connectivity index (χ3n) is 5.94. The minimum absolute atomic E-state index is 0.0863. The van der Waals surface area contributed by atoms with Crippen molar-refractivity contribution in [2.45, 2.75) is 29.1 Å². The summed E-state index contributed by atoms with van der Waals surface area (Å²) >= 11 is 1.77. The maximum Gasteiger partial charge on any atom is 0.241 e. The van der Waals surface area contributed by atoms with Gasteiger partial charge in [-0.3, -0.25) is 4.79 Å². The van der Waals surface area contributed by atoms with Crippen molar-refractivity contribution in [1.82, 2.24) is 5.43 Å². The molecule has 4 nitrogen and oxygen atoms in total. The first-order chi connectivity index (χ1) is 17.3. The number of para-hydroxylation sites is 2. The molecule has 35 heavy (non-hydrogen) atoms. The molecule has 0 saturated heterocycles. The fourth-order valence-electron chi connectivity index (χ4n) is 4.24. The summed E-state index contributed by atoms with van der Waals surface area (Å²) in [6, 6.07) is 37.2. The highest BCUT2D eigenvalue weighted by Gasteiger charge is 2.23. The highest BCUT2D eigenvalue weighted by Crippen LogP contribution is 2.47. The highest BCUT2D eigenvalue weighted by atomic mass is 32.2. The number of hydrogen-bond donors (Lipinski definition) is 1. The molecule has 1 heterocycles. The quantitative estimate of drug-likeness (QED) is 0.229. The summed E-state index contributed by atoms with van der Waals surface area (Å²) in [5.74, 6) is -0.0863. The molecule has 0 aromatic heterocycles. The van der Waals surface area contributed by atoms with Crippen LogP contribution in [0.2, 0.25) is 0 Å². The zero-order valence-electron chi connectivity index (χ0n) is 19.4. The third-order valence-corrected chi connectivity index (χ3v) is 7.07. The first-order valence-electron chi connectivity index (χ1n) is 11.8. The van der Waals surface area contributed by atoms with Crippen LogP contribution in [0.4, 0.5) is 11.4 Å². The molecule has 0 aliphatic carbocycles. The van der Waals surface area contributed by atoms with Gasteiger partial charge in [-0.15, -0.1) is 0 Å². The van der Waals surface area contributed by atoms with Crippen LogP contribution < -0.4 is 10.3 Å². The first kappa shape index (κ1) is 22.9. The van der Waals surface area contributed by atoms with Crippen LogP contribution in [0.1, 0.15) is 17.5 Å². The van der Waals surface area contributed by atoms with Crippen LogP contribution in [-0.4, -0.2) is 18.2 Å². The number of hydrogen-bond acceptors (Lipinski definition) is 4. The Labute approximate surface area is 210 Å². The average Bonchev–Trinajstić information content (AvgIpc) is 2.91. The smallest absolute Gasteiger partial charge is 0.241 e. The van der Waals surface area contributed by atoms with Gasteiger partial charge in [0.2, 0.25) is 5.91 Å². The van der Waals surface area contributed by atoms with E-state index in [9.17, 15) is 4.79 Å². The zero-order chi connectivity index (χ0) is 23.9. The van der Waals surface area contributed by atoms with Gasteiger partial charge in [0.05, 0.1) is 11.4 Å². The number of fused-ring (bicyclic) bond motifs is 2. The van der Waals surface area contributed by atoms with Gasteiger partial charge in [-0.25, -0.2) is 5.43 Å². The van der Waals surface area contributed by atoms with E-state index in [4.69, 9.17) is 0 Å². The van der Waals surface area contributed by atoms with E-state index in [0.717, 1.165) is 17.1 Å². The van der Waals surface area contributed by atoms with Gasteiger partial charge in [0.25, 0.3) is 0 Å². The number of nitrogens with zero attached hydrogens (tertiary/aromatic N) is 2. The largest absolute Gasteiger partial charge is 0.339 e. The lowest BCUT2D eigenvalue weighted by Gasteiger charge is -2.32. The van der Waals surface area contributed by atoms with Crippen molar-refractivity contribution in [2.75, 3.05) is 11.4 Å². The van der Waals surface area contributed by atoms with Gasteiger partial charge in [-0.05, 0) is 35.4 Å². The topological polar surface area (TPSA) is 44.7 Å². The summed E-state index contributed by atoms with van der Waals surface area (Å²) in [5, 5.41) is 4.56. The second-order valence-corrected chi connectivity index (χ2v) is 9.56. The molecule has 0 bridgehead atoms. The lowest BCUT2D eigenvalue weighted by atomic mass is 10.0. The summed E-state index contributed by atoms with van der Waals surface area (Å²) in [5.41, 5.74) is 8.39. The molecule has 0 radical (unpaired) electrons. The Balaban J connectivity index is 1.28. The molecule has 4 aromatic carbocycles. The molecule has 5 heteroatoms. The Morgan fingerprint density at radius 1 is 0.686 bits per heavy atom. The zero-order valence-corrected chi connectivity index (χ0v) is 20.2. The van der Waals surface area contributed by atoms with Crippen LogP contribution >= 0.6 is 11.8 Å². The van der Waals surface area contributed by atoms with Crippen LogP contribution in [-0.2, 0) is 17.6 Å². The van der Waals surface area contributed by atoms with E-state index in [0.29, 0.717) is 25.8 Å². The van der Waals surface area contributed by atoms with Gasteiger partial charge in [0, 0.05) is 41.3 Å². The monoisotopic (exact) mass is 477 g/mol. The molecule has 1 amide bonds. The van der Waals surface area contributed by atoms with Crippen molar-refractivity contribution >= 4 is 34.8 Å². The Morgan fingerprint density at radius 3 is 1.71 bits per heavy atom. The number of anilines is 2. The molecule has 0 atom stereocenters. The lowest BCUT2D eigenvalue weighted by molar-refractivity contribution is -0.120. The standard InChI is InChI=1S/C30H27N3OS/c34-30(19-20-33-26-15-7-9-17-28(26)35-29-18-10-8-16-27(29)33)32-31-25(21-23-11-3-1-4-12-23)22-24-13-5-2-6-14-24/h1-18H,19-22H2,(H,32,34). The Morgan fingerprint density at radius 2 is 1.17 bits per heavy atom. The number of amides is 1. The molecule has 1 N–H and O–H groups in total. The van der Waals surface area contributed by atoms with Crippen molar-refractivity contribution in [3.63, 3.8) is 0 Å². The van der Waals surface area contributed by atoms with Crippen LogP contribution in [0.15, 0.2) is 124 Å². The van der Waals surface area contributed by atoms with Crippen molar-refractivity contribution in [3.05, 3.63) is 120 Å². The molecular formula is C30H27N3OS. The summed E-state index contributed by atoms with van der Waals surface area (Å²) < 4.78 is 0. The summed E-state index contributed by atoms with van der Waals surface area (Å²) in [4.78, 5) is 17.5. The predicted molar refractivity (Wildman–Crippen MR) is 144 cm³/mol. The van der Waals surface area contributed by atoms with Crippen molar-refractivity contribution in [3.8, 4) is 0 Å². The number of carbonyl (C=O) groups excluding carboxylic acids is 1. The molecule has 5 rings (SSSR count). The van der Waals surface area contributed by atoms with E-state index in [2.05, 4.69) is 76.1 Å². The first-order valence-corrected chi connectivity index (χ1v) is 12.6. The summed E-state index contributed by atoms with van der Waals surface area (Å²) in [6.07, 6.45) is 1.74. The van der Waals surface area contributed by atoms with Crippen LogP contribution in [0.3, 0.4) is 0 Å². The lowest BCUT2D eigenvalue weighted by Crippen LogP contribution is -2.28. The Bertz CT molecular complexity index is 1230. The Kier molecular flexibility index (Phi) is 7.25. The van der Waals surface area contributed by atoms with Gasteiger partial charge in [0.15, 0.2) is 0 Å². The normalized spacial score (nSPS) is 11.8. The van der Waals surface area contributed by atoms with Gasteiger partial charge in [0.1, 0.15) is 0 Å². The minimum Gasteiger partial charge on any atom is -0.339 e. The predicted octanol–water partition coefficient (Wildman–Crippen LogP) is 6.64. The highest BCUT2D eigenvalue weighted by molar-refractivity contribution is 7.99. The number of benzene rings is 4. The summed E-state index contributed by atoms with van der Waals surface area (Å²) in [7, 11) is 0. The fourth-order valence-corrected chi connectivity index (χ4v) is 5.33. The van der Waals surface area contributed by atoms with E-state index in [1.165, 1.54) is 20.9 Å². The van der Waals surface area contributed by atoms with Gasteiger partial charge in [-0.2, -0.15) is 5.10 Å². The van der Waals surface area contributed by atoms with Crippen molar-refractivity contribution < 1.29 is 4.79 Å². The van der Waals surface area contributed by atoms with Crippen molar-refractivity contribution in [1.29, 1.82) is 0 Å². The SMILES string of the molecule is O=C(CCN1c2ccccc2Sc2ccccc21)NN=C(Cc1ccccc1)Cc1ccccc1. The number of carbonyl (C=O) groups is 1. The molecule has 0 spiro atoms. The van der Waals surface area contributed by atoms with E-state index in [1.807, 2.05) is 48.5 Å². The maximum atomic E-state index is 12.9. The number of nitrogens with one attached hydrogen (secondary N) is 1. The number of hydrazone groups is 1. The summed E-state index contributed by atoms with van der Waals surface area (Å²) in [6.45, 7) is 0.586. The van der Waals surface area contributed by atoms with Gasteiger partial charge < -0.3 is 4.90 Å². The van der Waals surface area contributed by atoms with Crippen LogP contribution in [0.5, 0.6) is 0 Å². The van der Waals surface area contributed by atoms with E-state index < -0.39 is 0 Å². The second-order valence-electron chi connectivity index (χ2n) is 8.48. The second kappa shape index (κ2) is 11.1. The Hall–Kier alpha value is -3.83. The molecule has 0 unspecified atom stereocenters. The molecule has 4 aromatic rings. The minimum atomic E-state index is -0.0863. The third kappa shape index (κ3) is 5.81. The van der Waals surface area contributed by atoms with Gasteiger partial charge >= 0.3 is 0 Å². The van der Waals surface area contributed by atoms with E-state index >= 15 is 0 Å². The maximum absolute atomic E-state index is 12.9. The van der Waals surface area contributed by atoms with Crippen LogP contribution in [0.25, 0.3) is 0 Å². The molecule has 0 saturated carbocycles. The van der Waals surface area contributed by atoms with Crippen molar-refractivity contribution in [2.24, 2.45) is 5.10 Å². The van der Waals surface area contributed by atoms with E-state index in [-0.39, 0.29) is 5.91 Å². The average molecular weight is 478 g/mol. The molecule has 1 aliphatic rings. The molecule has 0 fully saturated rings. The van der Waals surface area contributed by atoms with E-state index in [1.54, 1.807) is 11.8 Å².